The number of fused-ring (bicyclic) bond motifs is 1. The number of rotatable bonds is 6. The lowest BCUT2D eigenvalue weighted by Crippen LogP contribution is -2.08. The fraction of sp³-hybridized carbons (Fsp3) is 0.150. The third-order valence-corrected chi connectivity index (χ3v) is 4.37. The van der Waals surface area contributed by atoms with Gasteiger partial charge in [0.05, 0.1) is 5.56 Å². The van der Waals surface area contributed by atoms with Gasteiger partial charge in [-0.25, -0.2) is 0 Å². The smallest absolute Gasteiger partial charge is 0.365 e. The molecule has 0 atom stereocenters. The van der Waals surface area contributed by atoms with E-state index in [9.17, 15) is 18.0 Å². The summed E-state index contributed by atoms with van der Waals surface area (Å²) in [5.41, 5.74) is -0.152. The third kappa shape index (κ3) is 4.31. The van der Waals surface area contributed by atoms with Gasteiger partial charge in [-0.15, -0.1) is 16.8 Å². The van der Waals surface area contributed by atoms with Gasteiger partial charge < -0.3 is 5.32 Å². The lowest BCUT2D eigenvalue weighted by molar-refractivity contribution is -0.137. The zero-order valence-corrected chi connectivity index (χ0v) is 15.3. The summed E-state index contributed by atoms with van der Waals surface area (Å²) in [6, 6.07) is 9.57. The molecule has 0 aliphatic carbocycles. The number of nitrogens with one attached hydrogen (secondary N) is 1. The van der Waals surface area contributed by atoms with Crippen LogP contribution in [0.1, 0.15) is 21.5 Å². The summed E-state index contributed by atoms with van der Waals surface area (Å²) in [6.45, 7) is 4.06. The first-order valence-electron chi connectivity index (χ1n) is 8.29. The highest BCUT2D eigenvalue weighted by atomic mass is 35.5. The first kappa shape index (κ1) is 19.8. The van der Waals surface area contributed by atoms with E-state index in [1.165, 1.54) is 12.1 Å². The SMILES string of the molecule is C=CCNc1nnc(Cl)c2ccc(C(=O)Cc3cccc(C(F)(F)F)c3)cc12. The second-order valence-corrected chi connectivity index (χ2v) is 6.43. The Kier molecular flexibility index (Phi) is 5.65. The van der Waals surface area contributed by atoms with Gasteiger partial charge in [-0.05, 0) is 17.7 Å². The van der Waals surface area contributed by atoms with Gasteiger partial charge in [-0.3, -0.25) is 4.79 Å². The van der Waals surface area contributed by atoms with Crippen molar-refractivity contribution in [3.8, 4) is 0 Å². The molecule has 0 saturated heterocycles. The summed E-state index contributed by atoms with van der Waals surface area (Å²) in [5, 5.41) is 12.3. The molecule has 4 nitrogen and oxygen atoms in total. The van der Waals surface area contributed by atoms with Crippen LogP contribution in [0.15, 0.2) is 55.1 Å². The summed E-state index contributed by atoms with van der Waals surface area (Å²) in [5.74, 6) is 0.122. The van der Waals surface area contributed by atoms with E-state index in [4.69, 9.17) is 11.6 Å². The largest absolute Gasteiger partial charge is 0.416 e. The number of carbonyl (C=O) groups is 1. The molecule has 0 radical (unpaired) electrons. The number of halogens is 4. The van der Waals surface area contributed by atoms with Gasteiger partial charge >= 0.3 is 6.18 Å². The van der Waals surface area contributed by atoms with E-state index >= 15 is 0 Å². The molecule has 144 valence electrons. The monoisotopic (exact) mass is 405 g/mol. The van der Waals surface area contributed by atoms with Crippen molar-refractivity contribution in [3.05, 3.63) is 77.0 Å². The van der Waals surface area contributed by atoms with Gasteiger partial charge in [0.1, 0.15) is 0 Å². The molecule has 3 rings (SSSR count). The fourth-order valence-corrected chi connectivity index (χ4v) is 2.94. The Morgan fingerprint density at radius 3 is 2.64 bits per heavy atom. The molecule has 0 unspecified atom stereocenters. The molecule has 2 aromatic carbocycles. The molecule has 0 saturated carbocycles. The summed E-state index contributed by atoms with van der Waals surface area (Å²) in [6.07, 6.45) is -2.97. The number of hydrogen-bond donors (Lipinski definition) is 1. The zero-order valence-electron chi connectivity index (χ0n) is 14.6. The number of nitrogens with zero attached hydrogens (tertiary/aromatic N) is 2. The lowest BCUT2D eigenvalue weighted by atomic mass is 9.99. The minimum atomic E-state index is -4.46. The Morgan fingerprint density at radius 2 is 1.93 bits per heavy atom. The normalized spacial score (nSPS) is 11.4. The number of alkyl halides is 3. The van der Waals surface area contributed by atoms with Crippen molar-refractivity contribution in [2.24, 2.45) is 0 Å². The van der Waals surface area contributed by atoms with Crippen molar-refractivity contribution in [2.45, 2.75) is 12.6 Å². The standard InChI is InChI=1S/C20H15ClF3N3O/c1-2-8-25-19-16-11-13(6-7-15(16)18(21)26-27-19)17(28)10-12-4-3-5-14(9-12)20(22,23)24/h2-7,9,11H,1,8,10H2,(H,25,27). The maximum absolute atomic E-state index is 12.9. The Labute approximate surface area is 164 Å². The van der Waals surface area contributed by atoms with Crippen LogP contribution in [0.25, 0.3) is 10.8 Å². The molecule has 1 heterocycles. The van der Waals surface area contributed by atoms with Gasteiger partial charge in [0.2, 0.25) is 0 Å². The molecule has 0 spiro atoms. The van der Waals surface area contributed by atoms with Crippen LogP contribution in [-0.2, 0) is 12.6 Å². The molecule has 1 aromatic heterocycles. The van der Waals surface area contributed by atoms with Gasteiger partial charge in [0.25, 0.3) is 0 Å². The van der Waals surface area contributed by atoms with E-state index in [0.717, 1.165) is 12.1 Å². The average molecular weight is 406 g/mol. The summed E-state index contributed by atoms with van der Waals surface area (Å²) >= 11 is 6.07. The molecule has 0 amide bonds. The van der Waals surface area contributed by atoms with Crippen LogP contribution < -0.4 is 5.32 Å². The first-order chi connectivity index (χ1) is 13.3. The molecule has 0 aliphatic rings. The van der Waals surface area contributed by atoms with Crippen LogP contribution >= 0.6 is 11.6 Å². The second kappa shape index (κ2) is 7.98. The molecule has 0 aliphatic heterocycles. The molecule has 3 aromatic rings. The molecule has 28 heavy (non-hydrogen) atoms. The molecule has 0 bridgehead atoms. The van der Waals surface area contributed by atoms with Crippen molar-refractivity contribution >= 4 is 34.0 Å². The lowest BCUT2D eigenvalue weighted by Gasteiger charge is -2.10. The maximum atomic E-state index is 12.9. The van der Waals surface area contributed by atoms with Crippen LogP contribution in [0.3, 0.4) is 0 Å². The van der Waals surface area contributed by atoms with Crippen LogP contribution in [0.4, 0.5) is 19.0 Å². The topological polar surface area (TPSA) is 54.9 Å². The fourth-order valence-electron chi connectivity index (χ4n) is 2.74. The van der Waals surface area contributed by atoms with E-state index in [0.29, 0.717) is 28.7 Å². The highest BCUT2D eigenvalue weighted by Crippen LogP contribution is 2.30. The van der Waals surface area contributed by atoms with E-state index in [1.807, 2.05) is 0 Å². The molecular formula is C20H15ClF3N3O. The molecule has 1 N–H and O–H groups in total. The van der Waals surface area contributed by atoms with Gasteiger partial charge in [-0.2, -0.15) is 13.2 Å². The van der Waals surface area contributed by atoms with Crippen molar-refractivity contribution in [3.63, 3.8) is 0 Å². The Balaban J connectivity index is 1.93. The number of carbonyl (C=O) groups excluding carboxylic acids is 1. The predicted molar refractivity (Wildman–Crippen MR) is 103 cm³/mol. The number of Topliss-reactive ketones (excluding diaryl/α,β-unsaturated/α-hetero) is 1. The van der Waals surface area contributed by atoms with E-state index in [2.05, 4.69) is 22.1 Å². The van der Waals surface area contributed by atoms with Crippen molar-refractivity contribution in [2.75, 3.05) is 11.9 Å². The summed E-state index contributed by atoms with van der Waals surface area (Å²) < 4.78 is 38.6. The average Bonchev–Trinajstić information content (AvgIpc) is 2.67. The zero-order chi connectivity index (χ0) is 20.3. The predicted octanol–water partition coefficient (Wildman–Crippen LogP) is 5.33. The van der Waals surface area contributed by atoms with Crippen molar-refractivity contribution < 1.29 is 18.0 Å². The molecule has 8 heteroatoms. The van der Waals surface area contributed by atoms with Crippen molar-refractivity contribution in [1.29, 1.82) is 0 Å². The number of hydrogen-bond acceptors (Lipinski definition) is 4. The van der Waals surface area contributed by atoms with Crippen LogP contribution in [-0.4, -0.2) is 22.5 Å². The highest BCUT2D eigenvalue weighted by Gasteiger charge is 2.30. The minimum absolute atomic E-state index is 0.156. The highest BCUT2D eigenvalue weighted by molar-refractivity contribution is 6.34. The quantitative estimate of drug-likeness (QED) is 0.445. The van der Waals surface area contributed by atoms with E-state index in [-0.39, 0.29) is 22.9 Å². The Morgan fingerprint density at radius 1 is 1.14 bits per heavy atom. The van der Waals surface area contributed by atoms with Gasteiger partial charge in [-0.1, -0.05) is 48.0 Å². The number of benzene rings is 2. The van der Waals surface area contributed by atoms with Gasteiger partial charge in [0.15, 0.2) is 16.8 Å². The second-order valence-electron chi connectivity index (χ2n) is 6.07. The number of anilines is 1. The van der Waals surface area contributed by atoms with E-state index < -0.39 is 11.7 Å². The minimum Gasteiger partial charge on any atom is -0.365 e. The maximum Gasteiger partial charge on any atom is 0.416 e. The molecular weight excluding hydrogens is 391 g/mol. The third-order valence-electron chi connectivity index (χ3n) is 4.09. The van der Waals surface area contributed by atoms with Crippen LogP contribution in [0.2, 0.25) is 5.15 Å². The van der Waals surface area contributed by atoms with Gasteiger partial charge in [0, 0.05) is 29.3 Å². The summed E-state index contributed by atoms with van der Waals surface area (Å²) in [7, 11) is 0. The Hall–Kier alpha value is -2.93. The number of ketones is 1. The molecule has 0 fully saturated rings. The number of aromatic nitrogens is 2. The van der Waals surface area contributed by atoms with Crippen LogP contribution in [0.5, 0.6) is 0 Å². The van der Waals surface area contributed by atoms with Crippen molar-refractivity contribution in [1.82, 2.24) is 10.2 Å². The summed E-state index contributed by atoms with van der Waals surface area (Å²) in [4.78, 5) is 12.6. The first-order valence-corrected chi connectivity index (χ1v) is 8.67. The van der Waals surface area contributed by atoms with Crippen LogP contribution in [0, 0.1) is 0 Å². The van der Waals surface area contributed by atoms with E-state index in [1.54, 1.807) is 24.3 Å². The Bertz CT molecular complexity index is 1050.